The molecule has 1 aromatic heterocycles. The standard InChI is InChI=1S/C10H18N2O3S2/c1-8(2)6-15-4-3-12-17(13,14)10-5-9(11)7-16-10/h5,7-8,12H,3-4,6,11H2,1-2H3. The van der Waals surface area contributed by atoms with E-state index in [2.05, 4.69) is 4.72 Å². The summed E-state index contributed by atoms with van der Waals surface area (Å²) in [5.41, 5.74) is 5.94. The van der Waals surface area contributed by atoms with E-state index in [1.54, 1.807) is 5.38 Å². The van der Waals surface area contributed by atoms with E-state index in [-0.39, 0.29) is 10.8 Å². The molecule has 0 aromatic carbocycles. The van der Waals surface area contributed by atoms with Gasteiger partial charge in [0.15, 0.2) is 0 Å². The average Bonchev–Trinajstić information content (AvgIpc) is 2.64. The number of ether oxygens (including phenoxy) is 1. The van der Waals surface area contributed by atoms with Gasteiger partial charge in [0.2, 0.25) is 10.0 Å². The van der Waals surface area contributed by atoms with E-state index >= 15 is 0 Å². The fourth-order valence-electron chi connectivity index (χ4n) is 1.11. The van der Waals surface area contributed by atoms with Crippen molar-refractivity contribution in [3.63, 3.8) is 0 Å². The van der Waals surface area contributed by atoms with Crippen LogP contribution < -0.4 is 10.5 Å². The number of nitrogen functional groups attached to an aromatic ring is 1. The molecule has 0 fully saturated rings. The first-order valence-corrected chi connectivity index (χ1v) is 7.69. The van der Waals surface area contributed by atoms with Crippen LogP contribution in [0.1, 0.15) is 13.8 Å². The summed E-state index contributed by atoms with van der Waals surface area (Å²) in [6.45, 7) is 5.36. The van der Waals surface area contributed by atoms with Crippen molar-refractivity contribution in [3.8, 4) is 0 Å². The monoisotopic (exact) mass is 278 g/mol. The minimum Gasteiger partial charge on any atom is -0.398 e. The Balaban J connectivity index is 2.36. The molecule has 1 aromatic rings. The Morgan fingerprint density at radius 3 is 2.76 bits per heavy atom. The third-order valence-corrected chi connectivity index (χ3v) is 4.77. The molecule has 0 saturated carbocycles. The van der Waals surface area contributed by atoms with Crippen LogP contribution in [0.25, 0.3) is 0 Å². The van der Waals surface area contributed by atoms with Gasteiger partial charge in [0, 0.05) is 24.2 Å². The number of rotatable bonds is 7. The van der Waals surface area contributed by atoms with Gasteiger partial charge in [-0.1, -0.05) is 13.8 Å². The van der Waals surface area contributed by atoms with Crippen molar-refractivity contribution >= 4 is 27.0 Å². The molecule has 0 bridgehead atoms. The number of anilines is 1. The lowest BCUT2D eigenvalue weighted by Crippen LogP contribution is -2.27. The van der Waals surface area contributed by atoms with Gasteiger partial charge < -0.3 is 10.5 Å². The lowest BCUT2D eigenvalue weighted by molar-refractivity contribution is 0.114. The zero-order valence-corrected chi connectivity index (χ0v) is 11.6. The zero-order valence-electron chi connectivity index (χ0n) is 9.97. The molecule has 98 valence electrons. The topological polar surface area (TPSA) is 81.4 Å². The Morgan fingerprint density at radius 1 is 1.53 bits per heavy atom. The molecule has 0 aliphatic rings. The van der Waals surface area contributed by atoms with Crippen molar-refractivity contribution in [2.45, 2.75) is 18.1 Å². The number of sulfonamides is 1. The summed E-state index contributed by atoms with van der Waals surface area (Å²) >= 11 is 1.11. The van der Waals surface area contributed by atoms with Gasteiger partial charge in [-0.05, 0) is 12.0 Å². The average molecular weight is 278 g/mol. The lowest BCUT2D eigenvalue weighted by atomic mass is 10.2. The fraction of sp³-hybridized carbons (Fsp3) is 0.600. The molecule has 1 heterocycles. The van der Waals surface area contributed by atoms with E-state index in [0.29, 0.717) is 24.8 Å². The molecule has 0 spiro atoms. The molecular formula is C10H18N2O3S2. The van der Waals surface area contributed by atoms with Crippen LogP contribution in [0, 0.1) is 5.92 Å². The maximum Gasteiger partial charge on any atom is 0.250 e. The highest BCUT2D eigenvalue weighted by atomic mass is 32.2. The van der Waals surface area contributed by atoms with E-state index in [9.17, 15) is 8.42 Å². The molecule has 0 radical (unpaired) electrons. The summed E-state index contributed by atoms with van der Waals surface area (Å²) in [5, 5.41) is 1.60. The summed E-state index contributed by atoms with van der Waals surface area (Å²) in [7, 11) is -3.43. The molecule has 0 aliphatic carbocycles. The van der Waals surface area contributed by atoms with E-state index in [1.165, 1.54) is 6.07 Å². The first-order valence-electron chi connectivity index (χ1n) is 5.33. The normalized spacial score (nSPS) is 12.2. The van der Waals surface area contributed by atoms with Crippen molar-refractivity contribution in [2.24, 2.45) is 5.92 Å². The molecule has 0 unspecified atom stereocenters. The summed E-state index contributed by atoms with van der Waals surface area (Å²) in [5.74, 6) is 0.448. The summed E-state index contributed by atoms with van der Waals surface area (Å²) in [6.07, 6.45) is 0. The molecule has 1 rings (SSSR count). The molecule has 0 saturated heterocycles. The SMILES string of the molecule is CC(C)COCCNS(=O)(=O)c1cc(N)cs1. The Morgan fingerprint density at radius 2 is 2.24 bits per heavy atom. The first kappa shape index (κ1) is 14.4. The molecule has 0 aliphatic heterocycles. The second-order valence-corrected chi connectivity index (χ2v) is 6.97. The smallest absolute Gasteiger partial charge is 0.250 e. The number of nitrogens with one attached hydrogen (secondary N) is 1. The zero-order chi connectivity index (χ0) is 12.9. The second kappa shape index (κ2) is 6.34. The van der Waals surface area contributed by atoms with Crippen LogP contribution in [0.3, 0.4) is 0 Å². The molecule has 0 atom stereocenters. The molecule has 5 nitrogen and oxygen atoms in total. The minimum absolute atomic E-state index is 0.235. The first-order chi connectivity index (χ1) is 7.92. The second-order valence-electron chi connectivity index (χ2n) is 4.07. The van der Waals surface area contributed by atoms with Crippen LogP contribution in [0.5, 0.6) is 0 Å². The van der Waals surface area contributed by atoms with Crippen molar-refractivity contribution in [2.75, 3.05) is 25.5 Å². The molecule has 7 heteroatoms. The van der Waals surface area contributed by atoms with Gasteiger partial charge in [0.05, 0.1) is 6.61 Å². The highest BCUT2D eigenvalue weighted by molar-refractivity contribution is 7.91. The van der Waals surface area contributed by atoms with Crippen LogP contribution in [-0.2, 0) is 14.8 Å². The molecule has 17 heavy (non-hydrogen) atoms. The third kappa shape index (κ3) is 5.03. The summed E-state index contributed by atoms with van der Waals surface area (Å²) in [4.78, 5) is 0. The highest BCUT2D eigenvalue weighted by Gasteiger charge is 2.15. The fourth-order valence-corrected chi connectivity index (χ4v) is 3.25. The van der Waals surface area contributed by atoms with Crippen molar-refractivity contribution in [1.29, 1.82) is 0 Å². The van der Waals surface area contributed by atoms with Crippen LogP contribution in [0.2, 0.25) is 0 Å². The Labute approximate surface area is 106 Å². The maximum atomic E-state index is 11.7. The largest absolute Gasteiger partial charge is 0.398 e. The van der Waals surface area contributed by atoms with E-state index in [4.69, 9.17) is 10.5 Å². The Hall–Kier alpha value is -0.630. The van der Waals surface area contributed by atoms with Crippen LogP contribution >= 0.6 is 11.3 Å². The van der Waals surface area contributed by atoms with E-state index in [1.807, 2.05) is 13.8 Å². The van der Waals surface area contributed by atoms with Crippen LogP contribution in [0.4, 0.5) is 5.69 Å². The van der Waals surface area contributed by atoms with Gasteiger partial charge in [0.25, 0.3) is 0 Å². The Bertz CT molecular complexity index is 440. The summed E-state index contributed by atoms with van der Waals surface area (Å²) < 4.78 is 31.4. The number of hydrogen-bond acceptors (Lipinski definition) is 5. The molecule has 0 amide bonds. The number of nitrogens with two attached hydrogens (primary N) is 1. The van der Waals surface area contributed by atoms with E-state index in [0.717, 1.165) is 11.3 Å². The number of thiophene rings is 1. The molecular weight excluding hydrogens is 260 g/mol. The summed E-state index contributed by atoms with van der Waals surface area (Å²) in [6, 6.07) is 1.45. The lowest BCUT2D eigenvalue weighted by Gasteiger charge is -2.07. The van der Waals surface area contributed by atoms with Crippen molar-refractivity contribution < 1.29 is 13.2 Å². The van der Waals surface area contributed by atoms with Crippen molar-refractivity contribution in [3.05, 3.63) is 11.4 Å². The quantitative estimate of drug-likeness (QED) is 0.736. The van der Waals surface area contributed by atoms with Crippen molar-refractivity contribution in [1.82, 2.24) is 4.72 Å². The van der Waals surface area contributed by atoms with Gasteiger partial charge in [-0.3, -0.25) is 0 Å². The highest BCUT2D eigenvalue weighted by Crippen LogP contribution is 2.20. The van der Waals surface area contributed by atoms with Gasteiger partial charge in [-0.2, -0.15) is 0 Å². The minimum atomic E-state index is -3.43. The third-order valence-electron chi connectivity index (χ3n) is 1.85. The van der Waals surface area contributed by atoms with Gasteiger partial charge in [-0.25, -0.2) is 13.1 Å². The van der Waals surface area contributed by atoms with Gasteiger partial charge in [0.1, 0.15) is 4.21 Å². The number of hydrogen-bond donors (Lipinski definition) is 2. The van der Waals surface area contributed by atoms with Gasteiger partial charge in [-0.15, -0.1) is 11.3 Å². The Kier molecular flexibility index (Phi) is 5.38. The van der Waals surface area contributed by atoms with Crippen LogP contribution in [0.15, 0.2) is 15.7 Å². The predicted octanol–water partition coefficient (Wildman–Crippen LogP) is 1.28. The molecule has 3 N–H and O–H groups in total. The maximum absolute atomic E-state index is 11.7. The van der Waals surface area contributed by atoms with Crippen LogP contribution in [-0.4, -0.2) is 28.2 Å². The predicted molar refractivity (Wildman–Crippen MR) is 69.6 cm³/mol. The van der Waals surface area contributed by atoms with E-state index < -0.39 is 10.0 Å². The van der Waals surface area contributed by atoms with Gasteiger partial charge >= 0.3 is 0 Å².